The third-order valence-corrected chi connectivity index (χ3v) is 3.06. The molecule has 0 spiro atoms. The number of unbranched alkanes of at least 4 members (excludes halogenated alkanes) is 1. The van der Waals surface area contributed by atoms with E-state index in [1.807, 2.05) is 13.0 Å². The second-order valence-corrected chi connectivity index (χ2v) is 4.31. The largest absolute Gasteiger partial charge is 0.478 e. The van der Waals surface area contributed by atoms with E-state index >= 15 is 0 Å². The highest BCUT2D eigenvalue weighted by atomic mass is 16.4. The smallest absolute Gasteiger partial charge is 0.330 e. The van der Waals surface area contributed by atoms with Gasteiger partial charge in [-0.1, -0.05) is 39.2 Å². The summed E-state index contributed by atoms with van der Waals surface area (Å²) in [5, 5.41) is 18.1. The van der Waals surface area contributed by atoms with Gasteiger partial charge in [0.25, 0.3) is 0 Å². The molecule has 0 aromatic carbocycles. The maximum Gasteiger partial charge on any atom is 0.330 e. The number of hydrogen-bond donors (Lipinski definition) is 2. The molecule has 0 aliphatic carbocycles. The summed E-state index contributed by atoms with van der Waals surface area (Å²) in [5.74, 6) is -0.499. The van der Waals surface area contributed by atoms with E-state index in [-0.39, 0.29) is 18.4 Å². The van der Waals surface area contributed by atoms with E-state index in [9.17, 15) is 9.90 Å². The summed E-state index contributed by atoms with van der Waals surface area (Å²) in [5.41, 5.74) is 0.382. The molecule has 3 heteroatoms. The van der Waals surface area contributed by atoms with E-state index in [0.29, 0.717) is 5.57 Å². The molecule has 0 aliphatic heterocycles. The molecule has 94 valence electrons. The molecular formula is C13H24O3. The second kappa shape index (κ2) is 8.34. The third-order valence-electron chi connectivity index (χ3n) is 3.06. The van der Waals surface area contributed by atoms with Gasteiger partial charge in [-0.2, -0.15) is 0 Å². The molecule has 2 atom stereocenters. The fourth-order valence-electron chi connectivity index (χ4n) is 1.85. The summed E-state index contributed by atoms with van der Waals surface area (Å²) in [6, 6.07) is 0. The molecule has 16 heavy (non-hydrogen) atoms. The van der Waals surface area contributed by atoms with Crippen LogP contribution in [-0.4, -0.2) is 22.8 Å². The van der Waals surface area contributed by atoms with Gasteiger partial charge in [0.15, 0.2) is 0 Å². The van der Waals surface area contributed by atoms with E-state index in [2.05, 4.69) is 6.92 Å². The van der Waals surface area contributed by atoms with Crippen molar-refractivity contribution in [2.24, 2.45) is 11.8 Å². The topological polar surface area (TPSA) is 57.5 Å². The summed E-state index contributed by atoms with van der Waals surface area (Å²) in [6.45, 7) is 5.90. The number of carbonyl (C=O) groups is 1. The van der Waals surface area contributed by atoms with Crippen LogP contribution in [0.3, 0.4) is 0 Å². The molecule has 0 aromatic heterocycles. The molecule has 0 bridgehead atoms. The highest BCUT2D eigenvalue weighted by molar-refractivity contribution is 5.85. The lowest BCUT2D eigenvalue weighted by molar-refractivity contribution is -0.132. The number of allylic oxidation sites excluding steroid dienone is 1. The van der Waals surface area contributed by atoms with Gasteiger partial charge in [0, 0.05) is 12.2 Å². The maximum absolute atomic E-state index is 10.8. The molecule has 0 radical (unpaired) electrons. The van der Waals surface area contributed by atoms with Gasteiger partial charge in [0.05, 0.1) is 0 Å². The molecule has 0 heterocycles. The average Bonchev–Trinajstić information content (AvgIpc) is 2.26. The zero-order valence-corrected chi connectivity index (χ0v) is 10.6. The van der Waals surface area contributed by atoms with E-state index in [1.54, 1.807) is 6.92 Å². The average molecular weight is 228 g/mol. The van der Waals surface area contributed by atoms with Crippen molar-refractivity contribution in [1.29, 1.82) is 0 Å². The molecule has 0 aromatic rings. The Balaban J connectivity index is 4.64. The van der Waals surface area contributed by atoms with Crippen LogP contribution in [0.2, 0.25) is 0 Å². The van der Waals surface area contributed by atoms with Gasteiger partial charge in [-0.15, -0.1) is 0 Å². The lowest BCUT2D eigenvalue weighted by atomic mass is 9.85. The molecule has 2 unspecified atom stereocenters. The third kappa shape index (κ3) is 5.31. The molecule has 0 aliphatic rings. The van der Waals surface area contributed by atoms with Crippen LogP contribution in [0, 0.1) is 11.8 Å². The van der Waals surface area contributed by atoms with Crippen LogP contribution >= 0.6 is 0 Å². The summed E-state index contributed by atoms with van der Waals surface area (Å²) in [4.78, 5) is 10.8. The van der Waals surface area contributed by atoms with Crippen LogP contribution in [0.1, 0.15) is 46.5 Å². The van der Waals surface area contributed by atoms with Gasteiger partial charge in [-0.25, -0.2) is 4.79 Å². The number of aliphatic carboxylic acids is 1. The zero-order valence-electron chi connectivity index (χ0n) is 10.6. The highest BCUT2D eigenvalue weighted by Gasteiger charge is 2.18. The van der Waals surface area contributed by atoms with Crippen LogP contribution in [0.5, 0.6) is 0 Å². The van der Waals surface area contributed by atoms with Crippen LogP contribution in [0.15, 0.2) is 11.6 Å². The predicted molar refractivity (Wildman–Crippen MR) is 65.3 cm³/mol. The summed E-state index contributed by atoms with van der Waals surface area (Å²) in [7, 11) is 0. The molecule has 0 amide bonds. The van der Waals surface area contributed by atoms with Crippen molar-refractivity contribution in [1.82, 2.24) is 0 Å². The predicted octanol–water partition coefficient (Wildman–Crippen LogP) is 2.84. The molecule has 0 saturated heterocycles. The maximum atomic E-state index is 10.8. The van der Waals surface area contributed by atoms with Crippen molar-refractivity contribution in [3.8, 4) is 0 Å². The minimum atomic E-state index is -0.866. The van der Waals surface area contributed by atoms with Gasteiger partial charge in [0.2, 0.25) is 0 Å². The van der Waals surface area contributed by atoms with Crippen molar-refractivity contribution >= 4 is 5.97 Å². The number of rotatable bonds is 8. The lowest BCUT2D eigenvalue weighted by Gasteiger charge is -2.21. The van der Waals surface area contributed by atoms with Crippen molar-refractivity contribution in [3.63, 3.8) is 0 Å². The van der Waals surface area contributed by atoms with Crippen LogP contribution < -0.4 is 0 Å². The van der Waals surface area contributed by atoms with Gasteiger partial charge in [-0.3, -0.25) is 0 Å². The Kier molecular flexibility index (Phi) is 7.90. The highest BCUT2D eigenvalue weighted by Crippen LogP contribution is 2.24. The zero-order chi connectivity index (χ0) is 12.6. The molecule has 0 fully saturated rings. The van der Waals surface area contributed by atoms with E-state index in [4.69, 9.17) is 5.11 Å². The van der Waals surface area contributed by atoms with Crippen LogP contribution in [-0.2, 0) is 4.79 Å². The fraction of sp³-hybridized carbons (Fsp3) is 0.769. The van der Waals surface area contributed by atoms with E-state index in [1.165, 1.54) is 0 Å². The normalized spacial score (nSPS) is 15.9. The Bertz CT molecular complexity index is 229. The van der Waals surface area contributed by atoms with E-state index in [0.717, 1.165) is 25.7 Å². The number of hydrogen-bond acceptors (Lipinski definition) is 2. The Hall–Kier alpha value is -0.830. The Labute approximate surface area is 98.2 Å². The molecular weight excluding hydrogens is 204 g/mol. The number of carboxylic acid groups (broad SMARTS) is 1. The Morgan fingerprint density at radius 3 is 2.38 bits per heavy atom. The quantitative estimate of drug-likeness (QED) is 0.628. The number of aliphatic hydroxyl groups excluding tert-OH is 1. The Morgan fingerprint density at radius 2 is 2.00 bits per heavy atom. The van der Waals surface area contributed by atoms with Gasteiger partial charge in [-0.05, 0) is 25.2 Å². The van der Waals surface area contributed by atoms with Gasteiger partial charge in [0.1, 0.15) is 0 Å². The first-order valence-electron chi connectivity index (χ1n) is 6.09. The first kappa shape index (κ1) is 15.2. The van der Waals surface area contributed by atoms with Gasteiger partial charge < -0.3 is 10.2 Å². The van der Waals surface area contributed by atoms with Gasteiger partial charge >= 0.3 is 5.97 Å². The molecule has 2 N–H and O–H groups in total. The Morgan fingerprint density at radius 1 is 1.38 bits per heavy atom. The van der Waals surface area contributed by atoms with Crippen molar-refractivity contribution in [3.05, 3.63) is 11.6 Å². The minimum Gasteiger partial charge on any atom is -0.478 e. The summed E-state index contributed by atoms with van der Waals surface area (Å²) in [6.07, 6.45) is 5.82. The van der Waals surface area contributed by atoms with Crippen LogP contribution in [0.4, 0.5) is 0 Å². The SMILES string of the molecule is CCCCC(C=C(C)C(=O)O)C(CC)CO. The first-order chi connectivity index (χ1) is 7.56. The standard InChI is InChI=1S/C13H24O3/c1-4-6-7-12(11(5-2)9-14)8-10(3)13(15)16/h8,11-12,14H,4-7,9H2,1-3H3,(H,15,16). The number of aliphatic hydroxyl groups is 1. The monoisotopic (exact) mass is 228 g/mol. The fourth-order valence-corrected chi connectivity index (χ4v) is 1.85. The van der Waals surface area contributed by atoms with Crippen LogP contribution in [0.25, 0.3) is 0 Å². The lowest BCUT2D eigenvalue weighted by Crippen LogP contribution is -2.17. The van der Waals surface area contributed by atoms with Crippen molar-refractivity contribution in [2.45, 2.75) is 46.5 Å². The number of carboxylic acids is 1. The van der Waals surface area contributed by atoms with Crippen molar-refractivity contribution in [2.75, 3.05) is 6.61 Å². The summed E-state index contributed by atoms with van der Waals surface area (Å²) < 4.78 is 0. The molecule has 3 nitrogen and oxygen atoms in total. The molecule has 0 saturated carbocycles. The summed E-state index contributed by atoms with van der Waals surface area (Å²) >= 11 is 0. The van der Waals surface area contributed by atoms with E-state index < -0.39 is 5.97 Å². The van der Waals surface area contributed by atoms with Crippen molar-refractivity contribution < 1.29 is 15.0 Å². The minimum absolute atomic E-state index is 0.133. The second-order valence-electron chi connectivity index (χ2n) is 4.31. The molecule has 0 rings (SSSR count). The first-order valence-corrected chi connectivity index (χ1v) is 6.09.